The molecule has 1 aromatic carbocycles. The molecule has 0 aliphatic carbocycles. The van der Waals surface area contributed by atoms with E-state index in [4.69, 9.17) is 0 Å². The lowest BCUT2D eigenvalue weighted by molar-refractivity contribution is 0.352. The van der Waals surface area contributed by atoms with Crippen molar-refractivity contribution in [3.8, 4) is 0 Å². The van der Waals surface area contributed by atoms with Gasteiger partial charge in [-0.1, -0.05) is 92.5 Å². The molecule has 0 aromatic heterocycles. The highest BCUT2D eigenvalue weighted by atomic mass is 31.1. The van der Waals surface area contributed by atoms with Crippen molar-refractivity contribution in [2.75, 3.05) is 13.1 Å². The molecule has 0 saturated carbocycles. The zero-order chi connectivity index (χ0) is 23.9. The number of nitrogens with one attached hydrogen (secondary N) is 2. The first-order chi connectivity index (χ1) is 14.6. The van der Waals surface area contributed by atoms with E-state index in [1.54, 1.807) is 16.3 Å². The quantitative estimate of drug-likeness (QED) is 0.355. The third-order valence-electron chi connectivity index (χ3n) is 7.66. The number of hydrogen-bond donors (Lipinski definition) is 2. The van der Waals surface area contributed by atoms with Gasteiger partial charge in [0.2, 0.25) is 0 Å². The molecule has 0 spiro atoms. The fourth-order valence-corrected chi connectivity index (χ4v) is 11.6. The van der Waals surface area contributed by atoms with Gasteiger partial charge in [0.25, 0.3) is 0 Å². The molecule has 0 bridgehead atoms. The van der Waals surface area contributed by atoms with Crippen molar-refractivity contribution in [3.63, 3.8) is 0 Å². The van der Waals surface area contributed by atoms with Crippen molar-refractivity contribution in [2.45, 2.75) is 121 Å². The van der Waals surface area contributed by atoms with E-state index in [-0.39, 0.29) is 13.1 Å². The van der Waals surface area contributed by atoms with Crippen LogP contribution in [0.4, 0.5) is 0 Å². The first kappa shape index (κ1) is 26.8. The van der Waals surface area contributed by atoms with Gasteiger partial charge in [-0.25, -0.2) is 0 Å². The third-order valence-corrected chi connectivity index (χ3v) is 14.7. The number of benzene rings is 1. The van der Waals surface area contributed by atoms with Crippen molar-refractivity contribution in [2.24, 2.45) is 0 Å². The molecule has 2 saturated heterocycles. The molecule has 2 N–H and O–H groups in total. The van der Waals surface area contributed by atoms with Crippen LogP contribution in [0.2, 0.25) is 19.6 Å². The normalized spacial score (nSPS) is 24.8. The second kappa shape index (κ2) is 9.70. The van der Waals surface area contributed by atoms with Crippen LogP contribution < -0.4 is 15.8 Å². The first-order valence-corrected chi connectivity index (χ1v) is 18.4. The van der Waals surface area contributed by atoms with Crippen molar-refractivity contribution >= 4 is 30.4 Å². The van der Waals surface area contributed by atoms with Crippen LogP contribution in [-0.2, 0) is 11.3 Å². The standard InChI is InChI=1S/C27H50N2P2Si/c1-25(2,3)31(26(4,5)6)19-20-14-15-21(32(7,8)9)18-22(20)27(30,23-12-10-16-28-23)24-13-11-17-29-24/h14-15,18,23-24,28-29H,10-13,16-17,19,30H2,1-9H3. The minimum absolute atomic E-state index is 0.0643. The average Bonchev–Trinajstić information content (AvgIpc) is 3.36. The first-order valence-electron chi connectivity index (χ1n) is 12.8. The van der Waals surface area contributed by atoms with Crippen molar-refractivity contribution < 1.29 is 0 Å². The Balaban J connectivity index is 2.18. The summed E-state index contributed by atoms with van der Waals surface area (Å²) in [6.45, 7) is 24.6. The van der Waals surface area contributed by atoms with E-state index < -0.39 is 8.07 Å². The van der Waals surface area contributed by atoms with Gasteiger partial charge in [-0.15, -0.1) is 9.24 Å². The van der Waals surface area contributed by atoms with Crippen LogP contribution in [0.1, 0.15) is 78.4 Å². The molecular weight excluding hydrogens is 442 g/mol. The molecule has 3 atom stereocenters. The zero-order valence-corrected chi connectivity index (χ0v) is 25.4. The molecule has 3 unspecified atom stereocenters. The maximum absolute atomic E-state index is 3.93. The maximum atomic E-state index is 3.93. The van der Waals surface area contributed by atoms with Crippen LogP contribution in [0.15, 0.2) is 18.2 Å². The molecule has 1 aromatic rings. The molecule has 2 fully saturated rings. The Labute approximate surface area is 203 Å². The van der Waals surface area contributed by atoms with E-state index in [2.05, 4.69) is 99.3 Å². The zero-order valence-electron chi connectivity index (χ0n) is 22.4. The van der Waals surface area contributed by atoms with E-state index in [0.29, 0.717) is 22.4 Å². The fourth-order valence-electron chi connectivity index (χ4n) is 6.04. The topological polar surface area (TPSA) is 24.1 Å². The molecule has 32 heavy (non-hydrogen) atoms. The molecule has 2 aliphatic heterocycles. The van der Waals surface area contributed by atoms with E-state index in [9.17, 15) is 0 Å². The van der Waals surface area contributed by atoms with Crippen molar-refractivity contribution in [3.05, 3.63) is 29.3 Å². The molecule has 5 heteroatoms. The summed E-state index contributed by atoms with van der Waals surface area (Å²) in [6.07, 6.45) is 6.39. The van der Waals surface area contributed by atoms with E-state index >= 15 is 0 Å². The van der Waals surface area contributed by atoms with Gasteiger partial charge >= 0.3 is 0 Å². The summed E-state index contributed by atoms with van der Waals surface area (Å²) in [5, 5.41) is 10.2. The van der Waals surface area contributed by atoms with E-state index in [0.717, 1.165) is 13.1 Å². The van der Waals surface area contributed by atoms with Gasteiger partial charge in [-0.3, -0.25) is 0 Å². The Kier molecular flexibility index (Phi) is 8.13. The highest BCUT2D eigenvalue weighted by Crippen LogP contribution is 2.62. The summed E-state index contributed by atoms with van der Waals surface area (Å²) in [7, 11) is 1.85. The van der Waals surface area contributed by atoms with Crippen LogP contribution in [0.25, 0.3) is 0 Å². The van der Waals surface area contributed by atoms with Gasteiger partial charge in [0.15, 0.2) is 0 Å². The highest BCUT2D eigenvalue weighted by Gasteiger charge is 2.47. The maximum Gasteiger partial charge on any atom is 0.0776 e. The minimum atomic E-state index is -1.40. The molecule has 0 radical (unpaired) electrons. The van der Waals surface area contributed by atoms with Gasteiger partial charge in [-0.05, 0) is 66.4 Å². The predicted octanol–water partition coefficient (Wildman–Crippen LogP) is 6.39. The summed E-state index contributed by atoms with van der Waals surface area (Å²) in [4.78, 5) is 0. The molecular formula is C27H50N2P2Si. The van der Waals surface area contributed by atoms with Crippen molar-refractivity contribution in [1.82, 2.24) is 10.6 Å². The molecule has 3 rings (SSSR count). The second-order valence-corrected chi connectivity index (χ2v) is 23.2. The average molecular weight is 493 g/mol. The van der Waals surface area contributed by atoms with E-state index in [1.165, 1.54) is 31.8 Å². The molecule has 2 aliphatic rings. The number of rotatable bonds is 6. The fraction of sp³-hybridized carbons (Fsp3) is 0.778. The van der Waals surface area contributed by atoms with Crippen LogP contribution in [-0.4, -0.2) is 43.6 Å². The monoisotopic (exact) mass is 492 g/mol. The SMILES string of the molecule is CC(C)(C)P(Cc1ccc([Si](C)(C)C)cc1C(P)(C1CCCN1)C1CCCN1)C(C)(C)C. The summed E-state index contributed by atoms with van der Waals surface area (Å²) in [6, 6.07) is 8.76. The third kappa shape index (κ3) is 5.71. The summed E-state index contributed by atoms with van der Waals surface area (Å²) >= 11 is 0. The predicted molar refractivity (Wildman–Crippen MR) is 153 cm³/mol. The van der Waals surface area contributed by atoms with Crippen LogP contribution in [0.3, 0.4) is 0 Å². The Bertz CT molecular complexity index is 746. The Hall–Kier alpha value is 0.217. The molecule has 2 heterocycles. The largest absolute Gasteiger partial charge is 0.313 e. The Morgan fingerprint density at radius 3 is 1.78 bits per heavy atom. The van der Waals surface area contributed by atoms with E-state index in [1.807, 2.05) is 0 Å². The summed E-state index contributed by atoms with van der Waals surface area (Å²) < 4.78 is 0. The Morgan fingerprint density at radius 2 is 1.41 bits per heavy atom. The Morgan fingerprint density at radius 1 is 0.906 bits per heavy atom. The molecule has 182 valence electrons. The number of hydrogen-bond acceptors (Lipinski definition) is 2. The lowest BCUT2D eigenvalue weighted by atomic mass is 9.80. The van der Waals surface area contributed by atoms with Gasteiger partial charge < -0.3 is 10.6 Å². The highest BCUT2D eigenvalue weighted by molar-refractivity contribution is 7.60. The van der Waals surface area contributed by atoms with Crippen LogP contribution >= 0.6 is 17.2 Å². The van der Waals surface area contributed by atoms with Gasteiger partial charge in [-0.2, -0.15) is 0 Å². The summed E-state index contributed by atoms with van der Waals surface area (Å²) in [5.41, 5.74) is 3.24. The van der Waals surface area contributed by atoms with Crippen LogP contribution in [0, 0.1) is 0 Å². The lowest BCUT2D eigenvalue weighted by Gasteiger charge is -2.46. The lowest BCUT2D eigenvalue weighted by Crippen LogP contribution is -2.53. The van der Waals surface area contributed by atoms with Crippen molar-refractivity contribution in [1.29, 1.82) is 0 Å². The molecule has 0 amide bonds. The van der Waals surface area contributed by atoms with Gasteiger partial charge in [0, 0.05) is 17.2 Å². The van der Waals surface area contributed by atoms with Gasteiger partial charge in [0.1, 0.15) is 0 Å². The minimum Gasteiger partial charge on any atom is -0.313 e. The summed E-state index contributed by atoms with van der Waals surface area (Å²) in [5.74, 6) is 0. The second-order valence-electron chi connectivity index (χ2n) is 13.3. The smallest absolute Gasteiger partial charge is 0.0776 e. The molecule has 2 nitrogen and oxygen atoms in total. The van der Waals surface area contributed by atoms with Crippen LogP contribution in [0.5, 0.6) is 0 Å². The van der Waals surface area contributed by atoms with Gasteiger partial charge in [0.05, 0.1) is 8.07 Å².